The molecule has 0 aromatic carbocycles. The summed E-state index contributed by atoms with van der Waals surface area (Å²) in [5.41, 5.74) is 5.23. The fourth-order valence-electron chi connectivity index (χ4n) is 0.796. The van der Waals surface area contributed by atoms with Crippen molar-refractivity contribution in [3.63, 3.8) is 0 Å². The summed E-state index contributed by atoms with van der Waals surface area (Å²) in [7, 11) is 0. The molecule has 0 aromatic rings. The Balaban J connectivity index is 4.23. The predicted molar refractivity (Wildman–Crippen MR) is 43.7 cm³/mol. The number of hydrogen-bond acceptors (Lipinski definition) is 6. The summed E-state index contributed by atoms with van der Waals surface area (Å²) < 4.78 is 0. The average Bonchev–Trinajstić information content (AvgIpc) is 2.12. The summed E-state index contributed by atoms with van der Waals surface area (Å²) in [5.74, 6) is 0. The highest BCUT2D eigenvalue weighted by atomic mass is 16.4. The van der Waals surface area contributed by atoms with E-state index >= 15 is 0 Å². The van der Waals surface area contributed by atoms with E-state index in [1.54, 1.807) is 0 Å². The summed E-state index contributed by atoms with van der Waals surface area (Å²) in [4.78, 5) is 10.0. The normalized spacial score (nSPS) is 22.9. The van der Waals surface area contributed by atoms with Crippen molar-refractivity contribution >= 4 is 6.29 Å². The summed E-state index contributed by atoms with van der Waals surface area (Å²) in [5, 5.41) is 36.2. The van der Waals surface area contributed by atoms with Crippen LogP contribution in [0.3, 0.4) is 0 Å². The molecule has 0 aliphatic carbocycles. The van der Waals surface area contributed by atoms with Crippen molar-refractivity contribution in [3.05, 3.63) is 0 Å². The Hall–Kier alpha value is -0.530. The van der Waals surface area contributed by atoms with Crippen molar-refractivity contribution in [2.45, 2.75) is 37.4 Å². The van der Waals surface area contributed by atoms with Gasteiger partial charge in [-0.1, -0.05) is 0 Å². The third-order valence-electron chi connectivity index (χ3n) is 1.73. The monoisotopic (exact) mass is 193 g/mol. The number of aliphatic hydroxyl groups is 4. The number of rotatable bonds is 5. The van der Waals surface area contributed by atoms with Crippen LogP contribution >= 0.6 is 0 Å². The molecule has 0 saturated carbocycles. The summed E-state index contributed by atoms with van der Waals surface area (Å²) >= 11 is 0. The van der Waals surface area contributed by atoms with E-state index in [0.717, 1.165) is 0 Å². The van der Waals surface area contributed by atoms with Crippen molar-refractivity contribution < 1.29 is 25.2 Å². The number of hydrogen-bond donors (Lipinski definition) is 5. The second kappa shape index (κ2) is 5.25. The van der Waals surface area contributed by atoms with Crippen LogP contribution in [0.15, 0.2) is 0 Å². The Bertz CT molecular complexity index is 163. The zero-order chi connectivity index (χ0) is 10.6. The fraction of sp³-hybridized carbons (Fsp3) is 0.857. The molecule has 0 spiro atoms. The predicted octanol–water partition coefficient (Wildman–Crippen LogP) is -3.02. The SMILES string of the molecule is CC(N)[C@@H](O)[C@@H](O)[C@H](O)[C@@H](O)C=O. The number of aliphatic hydroxyl groups excluding tert-OH is 4. The largest absolute Gasteiger partial charge is 0.389 e. The average molecular weight is 193 g/mol. The van der Waals surface area contributed by atoms with E-state index in [1.165, 1.54) is 6.92 Å². The van der Waals surface area contributed by atoms with Crippen LogP contribution in [0.2, 0.25) is 0 Å². The van der Waals surface area contributed by atoms with Crippen LogP contribution in [0.5, 0.6) is 0 Å². The highest BCUT2D eigenvalue weighted by Gasteiger charge is 2.31. The lowest BCUT2D eigenvalue weighted by Crippen LogP contribution is -2.51. The number of nitrogens with two attached hydrogens (primary N) is 1. The highest BCUT2D eigenvalue weighted by Crippen LogP contribution is 2.05. The standard InChI is InChI=1S/C7H15NO5/c1-3(8)5(11)7(13)6(12)4(10)2-9/h2-7,10-13H,8H2,1H3/t3?,4-,5+,6+,7+/m0/s1. The first-order valence-corrected chi connectivity index (χ1v) is 3.85. The van der Waals surface area contributed by atoms with Gasteiger partial charge in [0.1, 0.15) is 18.3 Å². The zero-order valence-corrected chi connectivity index (χ0v) is 7.24. The van der Waals surface area contributed by atoms with E-state index in [0.29, 0.717) is 0 Å². The molecule has 6 N–H and O–H groups in total. The molecule has 0 aliphatic heterocycles. The summed E-state index contributed by atoms with van der Waals surface area (Å²) in [6.45, 7) is 1.42. The minimum absolute atomic E-state index is 0.0712. The van der Waals surface area contributed by atoms with Crippen LogP contribution in [0.25, 0.3) is 0 Å². The molecule has 0 aromatic heterocycles. The minimum Gasteiger partial charge on any atom is -0.389 e. The first-order valence-electron chi connectivity index (χ1n) is 3.85. The molecule has 78 valence electrons. The van der Waals surface area contributed by atoms with Gasteiger partial charge in [0.2, 0.25) is 0 Å². The van der Waals surface area contributed by atoms with Crippen LogP contribution < -0.4 is 5.73 Å². The minimum atomic E-state index is -1.72. The molecule has 0 amide bonds. The van der Waals surface area contributed by atoms with Gasteiger partial charge in [-0.25, -0.2) is 0 Å². The van der Waals surface area contributed by atoms with Crippen LogP contribution in [-0.4, -0.2) is 57.2 Å². The summed E-state index contributed by atoms with van der Waals surface area (Å²) in [6, 6.07) is -0.761. The van der Waals surface area contributed by atoms with Crippen molar-refractivity contribution in [3.8, 4) is 0 Å². The number of carbonyl (C=O) groups excluding carboxylic acids is 1. The van der Waals surface area contributed by atoms with Crippen LogP contribution in [0, 0.1) is 0 Å². The Morgan fingerprint density at radius 3 is 1.85 bits per heavy atom. The van der Waals surface area contributed by atoms with Crippen LogP contribution in [-0.2, 0) is 4.79 Å². The van der Waals surface area contributed by atoms with E-state index < -0.39 is 30.5 Å². The first-order chi connectivity index (χ1) is 5.91. The van der Waals surface area contributed by atoms with E-state index in [2.05, 4.69) is 0 Å². The third-order valence-corrected chi connectivity index (χ3v) is 1.73. The van der Waals surface area contributed by atoms with E-state index in [9.17, 15) is 4.79 Å². The van der Waals surface area contributed by atoms with Gasteiger partial charge in [0.25, 0.3) is 0 Å². The lowest BCUT2D eigenvalue weighted by molar-refractivity contribution is -0.134. The molecule has 0 fully saturated rings. The molecule has 5 atom stereocenters. The lowest BCUT2D eigenvalue weighted by atomic mass is 10.00. The highest BCUT2D eigenvalue weighted by molar-refractivity contribution is 5.56. The Morgan fingerprint density at radius 1 is 1.08 bits per heavy atom. The van der Waals surface area contributed by atoms with Crippen molar-refractivity contribution in [1.29, 1.82) is 0 Å². The molecule has 1 unspecified atom stereocenters. The third kappa shape index (κ3) is 3.37. The maximum Gasteiger partial charge on any atom is 0.151 e. The number of carbonyl (C=O) groups is 1. The lowest BCUT2D eigenvalue weighted by Gasteiger charge is -2.26. The molecule has 0 rings (SSSR count). The summed E-state index contributed by atoms with van der Waals surface area (Å²) in [6.07, 6.45) is -6.39. The van der Waals surface area contributed by atoms with Gasteiger partial charge in [-0.2, -0.15) is 0 Å². The Labute approximate surface area is 75.6 Å². The first kappa shape index (κ1) is 12.5. The zero-order valence-electron chi connectivity index (χ0n) is 7.24. The topological polar surface area (TPSA) is 124 Å². The Morgan fingerprint density at radius 2 is 1.54 bits per heavy atom. The van der Waals surface area contributed by atoms with Crippen LogP contribution in [0.4, 0.5) is 0 Å². The molecule has 6 nitrogen and oxygen atoms in total. The van der Waals surface area contributed by atoms with Crippen molar-refractivity contribution in [2.75, 3.05) is 0 Å². The maximum absolute atomic E-state index is 10.0. The molecule has 0 saturated heterocycles. The van der Waals surface area contributed by atoms with Gasteiger partial charge < -0.3 is 31.0 Å². The smallest absolute Gasteiger partial charge is 0.151 e. The van der Waals surface area contributed by atoms with Gasteiger partial charge in [0.15, 0.2) is 6.29 Å². The fourth-order valence-corrected chi connectivity index (χ4v) is 0.796. The molecule has 0 radical (unpaired) electrons. The molecule has 0 bridgehead atoms. The van der Waals surface area contributed by atoms with Gasteiger partial charge in [0, 0.05) is 6.04 Å². The van der Waals surface area contributed by atoms with Gasteiger partial charge >= 0.3 is 0 Å². The van der Waals surface area contributed by atoms with Crippen molar-refractivity contribution in [2.24, 2.45) is 5.73 Å². The van der Waals surface area contributed by atoms with Gasteiger partial charge in [-0.05, 0) is 6.92 Å². The second-order valence-corrected chi connectivity index (χ2v) is 2.96. The Kier molecular flexibility index (Phi) is 5.04. The van der Waals surface area contributed by atoms with Gasteiger partial charge in [-0.15, -0.1) is 0 Å². The van der Waals surface area contributed by atoms with E-state index in [-0.39, 0.29) is 6.29 Å². The van der Waals surface area contributed by atoms with Gasteiger partial charge in [0.05, 0.1) is 6.10 Å². The second-order valence-electron chi connectivity index (χ2n) is 2.96. The molecule has 6 heteroatoms. The molecule has 0 heterocycles. The van der Waals surface area contributed by atoms with Gasteiger partial charge in [-0.3, -0.25) is 0 Å². The quantitative estimate of drug-likeness (QED) is 0.296. The van der Waals surface area contributed by atoms with Crippen LogP contribution in [0.1, 0.15) is 6.92 Å². The van der Waals surface area contributed by atoms with Crippen molar-refractivity contribution in [1.82, 2.24) is 0 Å². The van der Waals surface area contributed by atoms with E-state index in [4.69, 9.17) is 26.2 Å². The molecule has 0 aliphatic rings. The molecular formula is C7H15NO5. The maximum atomic E-state index is 10.0. The molecular weight excluding hydrogens is 178 g/mol. The van der Waals surface area contributed by atoms with E-state index in [1.807, 2.05) is 0 Å². The number of aldehydes is 1. The molecule has 13 heavy (non-hydrogen) atoms.